The number of hydrogen-bond acceptors (Lipinski definition) is 3. The number of non-ortho nitro benzene ring substituents is 1. The Balaban J connectivity index is 3.04. The van der Waals surface area contributed by atoms with Crippen LogP contribution in [-0.2, 0) is 17.2 Å². The molecule has 0 heterocycles. The molecule has 1 aromatic rings. The van der Waals surface area contributed by atoms with Gasteiger partial charge in [-0.15, -0.1) is 0 Å². The molecule has 0 saturated heterocycles. The molecule has 0 aromatic heterocycles. The zero-order valence-corrected chi connectivity index (χ0v) is 13.2. The SMILES string of the molecule is C[Si](OCc1ccc([N+](=O)[O-])cc1C(F)(F)F)C(C)(C)C. The van der Waals surface area contributed by atoms with Crippen LogP contribution in [0, 0.1) is 10.1 Å². The zero-order chi connectivity index (χ0) is 16.4. The molecule has 0 saturated carbocycles. The van der Waals surface area contributed by atoms with E-state index in [4.69, 9.17) is 4.43 Å². The van der Waals surface area contributed by atoms with Crippen molar-refractivity contribution in [2.75, 3.05) is 0 Å². The number of rotatable bonds is 4. The number of hydrogen-bond donors (Lipinski definition) is 0. The summed E-state index contributed by atoms with van der Waals surface area (Å²) >= 11 is 0. The summed E-state index contributed by atoms with van der Waals surface area (Å²) in [7, 11) is -1.29. The Morgan fingerprint density at radius 2 is 1.86 bits per heavy atom. The van der Waals surface area contributed by atoms with E-state index >= 15 is 0 Å². The molecule has 0 amide bonds. The first kappa shape index (κ1) is 17.6. The Bertz CT molecular complexity index is 526. The fourth-order valence-corrected chi connectivity index (χ4v) is 2.28. The van der Waals surface area contributed by atoms with Crippen LogP contribution in [0.4, 0.5) is 18.9 Å². The van der Waals surface area contributed by atoms with Crippen molar-refractivity contribution in [2.45, 2.75) is 45.1 Å². The Labute approximate surface area is 122 Å². The molecule has 1 radical (unpaired) electrons. The van der Waals surface area contributed by atoms with E-state index in [0.29, 0.717) is 6.07 Å². The van der Waals surface area contributed by atoms with Crippen LogP contribution < -0.4 is 0 Å². The minimum Gasteiger partial charge on any atom is -0.412 e. The Kier molecular flexibility index (Phi) is 5.16. The normalized spacial score (nSPS) is 12.8. The van der Waals surface area contributed by atoms with Crippen molar-refractivity contribution < 1.29 is 22.5 Å². The molecule has 0 aliphatic carbocycles. The van der Waals surface area contributed by atoms with Crippen molar-refractivity contribution in [2.24, 2.45) is 0 Å². The summed E-state index contributed by atoms with van der Waals surface area (Å²) in [4.78, 5) is 9.76. The molecular weight excluding hydrogens is 303 g/mol. The van der Waals surface area contributed by atoms with Crippen LogP contribution >= 0.6 is 0 Å². The van der Waals surface area contributed by atoms with Crippen molar-refractivity contribution in [1.29, 1.82) is 0 Å². The molecule has 0 fully saturated rings. The van der Waals surface area contributed by atoms with Crippen LogP contribution in [0.5, 0.6) is 0 Å². The summed E-state index contributed by atoms with van der Waals surface area (Å²) in [5, 5.41) is 10.5. The molecule has 0 N–H and O–H groups in total. The second-order valence-electron chi connectivity index (χ2n) is 5.69. The van der Waals surface area contributed by atoms with Gasteiger partial charge in [-0.2, -0.15) is 13.2 Å². The monoisotopic (exact) mass is 320 g/mol. The van der Waals surface area contributed by atoms with Crippen molar-refractivity contribution in [1.82, 2.24) is 0 Å². The minimum atomic E-state index is -4.65. The van der Waals surface area contributed by atoms with Gasteiger partial charge in [0.2, 0.25) is 9.04 Å². The van der Waals surface area contributed by atoms with Crippen LogP contribution in [0.2, 0.25) is 11.6 Å². The van der Waals surface area contributed by atoms with Crippen molar-refractivity contribution in [3.63, 3.8) is 0 Å². The van der Waals surface area contributed by atoms with E-state index in [9.17, 15) is 23.3 Å². The molecule has 21 heavy (non-hydrogen) atoms. The fourth-order valence-electron chi connectivity index (χ4n) is 1.47. The van der Waals surface area contributed by atoms with Crippen molar-refractivity contribution >= 4 is 14.7 Å². The van der Waals surface area contributed by atoms with Gasteiger partial charge in [-0.25, -0.2) is 0 Å². The molecule has 0 bridgehead atoms. The number of halogens is 3. The standard InChI is InChI=1S/C13H17F3NO3Si/c1-12(2,3)21(4)20-8-9-5-6-10(17(18)19)7-11(9)13(14,15)16/h5-7H,8H2,1-4H3. The highest BCUT2D eigenvalue weighted by atomic mass is 28.3. The fraction of sp³-hybridized carbons (Fsp3) is 0.538. The summed E-state index contributed by atoms with van der Waals surface area (Å²) in [6.07, 6.45) is -4.65. The summed E-state index contributed by atoms with van der Waals surface area (Å²) in [6.45, 7) is 7.56. The van der Waals surface area contributed by atoms with E-state index < -0.39 is 31.4 Å². The highest BCUT2D eigenvalue weighted by molar-refractivity contribution is 6.53. The van der Waals surface area contributed by atoms with Crippen LogP contribution in [0.3, 0.4) is 0 Å². The lowest BCUT2D eigenvalue weighted by molar-refractivity contribution is -0.385. The molecule has 1 aromatic carbocycles. The second kappa shape index (κ2) is 6.14. The van der Waals surface area contributed by atoms with Gasteiger partial charge >= 0.3 is 6.18 Å². The van der Waals surface area contributed by atoms with Gasteiger partial charge < -0.3 is 4.43 Å². The quantitative estimate of drug-likeness (QED) is 0.464. The van der Waals surface area contributed by atoms with E-state index in [0.717, 1.165) is 12.1 Å². The lowest BCUT2D eigenvalue weighted by Gasteiger charge is -2.25. The highest BCUT2D eigenvalue weighted by Crippen LogP contribution is 2.35. The lowest BCUT2D eigenvalue weighted by atomic mass is 10.1. The van der Waals surface area contributed by atoms with Crippen molar-refractivity contribution in [3.8, 4) is 0 Å². The van der Waals surface area contributed by atoms with Gasteiger partial charge in [0.15, 0.2) is 0 Å². The van der Waals surface area contributed by atoms with Gasteiger partial charge in [-0.1, -0.05) is 20.8 Å². The number of nitrogens with zero attached hydrogens (tertiary/aromatic N) is 1. The van der Waals surface area contributed by atoms with E-state index in [-0.39, 0.29) is 17.2 Å². The van der Waals surface area contributed by atoms with Gasteiger partial charge in [0.25, 0.3) is 5.69 Å². The maximum atomic E-state index is 13.0. The van der Waals surface area contributed by atoms with E-state index in [1.807, 2.05) is 27.3 Å². The zero-order valence-electron chi connectivity index (χ0n) is 12.2. The topological polar surface area (TPSA) is 52.4 Å². The molecule has 0 spiro atoms. The Morgan fingerprint density at radius 3 is 2.29 bits per heavy atom. The Hall–Kier alpha value is -1.41. The number of benzene rings is 1. The largest absolute Gasteiger partial charge is 0.417 e. The smallest absolute Gasteiger partial charge is 0.412 e. The molecule has 4 nitrogen and oxygen atoms in total. The number of nitro benzene ring substituents is 1. The maximum Gasteiger partial charge on any atom is 0.417 e. The highest BCUT2D eigenvalue weighted by Gasteiger charge is 2.35. The minimum absolute atomic E-state index is 0.0818. The van der Waals surface area contributed by atoms with Gasteiger partial charge in [0.1, 0.15) is 0 Å². The summed E-state index contributed by atoms with van der Waals surface area (Å²) in [5.41, 5.74) is -1.67. The van der Waals surface area contributed by atoms with Gasteiger partial charge in [0, 0.05) is 12.1 Å². The Morgan fingerprint density at radius 1 is 1.29 bits per heavy atom. The van der Waals surface area contributed by atoms with Crippen LogP contribution in [0.15, 0.2) is 18.2 Å². The molecule has 0 aliphatic heterocycles. The predicted molar refractivity (Wildman–Crippen MR) is 74.2 cm³/mol. The summed E-state index contributed by atoms with van der Waals surface area (Å²) in [5.74, 6) is 0. The number of alkyl halides is 3. The average Bonchev–Trinajstić information content (AvgIpc) is 2.33. The van der Waals surface area contributed by atoms with Crippen LogP contribution in [0.25, 0.3) is 0 Å². The molecule has 117 valence electrons. The average molecular weight is 320 g/mol. The molecular formula is C13H17F3NO3Si. The molecule has 1 rings (SSSR count). The molecule has 0 unspecified atom stereocenters. The molecule has 8 heteroatoms. The van der Waals surface area contributed by atoms with Crippen LogP contribution in [0.1, 0.15) is 31.9 Å². The van der Waals surface area contributed by atoms with E-state index in [1.165, 1.54) is 0 Å². The third-order valence-corrected chi connectivity index (χ3v) is 5.80. The van der Waals surface area contributed by atoms with E-state index in [1.54, 1.807) is 0 Å². The van der Waals surface area contributed by atoms with Gasteiger partial charge in [0.05, 0.1) is 17.1 Å². The first-order valence-electron chi connectivity index (χ1n) is 6.24. The van der Waals surface area contributed by atoms with Crippen LogP contribution in [-0.4, -0.2) is 14.0 Å². The second-order valence-corrected chi connectivity index (χ2v) is 8.59. The third-order valence-electron chi connectivity index (χ3n) is 3.11. The summed E-state index contributed by atoms with van der Waals surface area (Å²) in [6, 6.07) is 2.73. The summed E-state index contributed by atoms with van der Waals surface area (Å²) < 4.78 is 44.5. The third kappa shape index (κ3) is 4.82. The van der Waals surface area contributed by atoms with Gasteiger partial charge in [-0.05, 0) is 23.2 Å². The lowest BCUT2D eigenvalue weighted by Crippen LogP contribution is -2.26. The molecule has 0 atom stereocenters. The maximum absolute atomic E-state index is 13.0. The predicted octanol–water partition coefficient (Wildman–Crippen LogP) is 4.55. The van der Waals surface area contributed by atoms with E-state index in [2.05, 4.69) is 0 Å². The van der Waals surface area contributed by atoms with Crippen molar-refractivity contribution in [3.05, 3.63) is 39.4 Å². The molecule has 0 aliphatic rings. The number of nitro groups is 1. The first-order valence-corrected chi connectivity index (χ1v) is 8.15. The first-order chi connectivity index (χ1) is 9.43. The van der Waals surface area contributed by atoms with Gasteiger partial charge in [-0.3, -0.25) is 10.1 Å².